The Bertz CT molecular complexity index is 1030. The Kier molecular flexibility index (Phi) is 5.13. The first kappa shape index (κ1) is 18.6. The van der Waals surface area contributed by atoms with E-state index in [0.717, 1.165) is 33.6 Å². The molecule has 5 nitrogen and oxygen atoms in total. The third-order valence-electron chi connectivity index (χ3n) is 5.36. The van der Waals surface area contributed by atoms with Crippen LogP contribution in [0.5, 0.6) is 0 Å². The lowest BCUT2D eigenvalue weighted by molar-refractivity contribution is -0.147. The number of hydrogen-bond acceptors (Lipinski definition) is 4. The van der Waals surface area contributed by atoms with Gasteiger partial charge in [-0.3, -0.25) is 9.59 Å². The molecule has 28 heavy (non-hydrogen) atoms. The van der Waals surface area contributed by atoms with Crippen molar-refractivity contribution in [2.24, 2.45) is 11.8 Å². The smallest absolute Gasteiger partial charge is 0.307 e. The lowest BCUT2D eigenvalue weighted by atomic mass is 9.78. The number of fused-ring (bicyclic) bond motifs is 1. The lowest BCUT2D eigenvalue weighted by Crippen LogP contribution is -2.36. The van der Waals surface area contributed by atoms with Gasteiger partial charge in [0.15, 0.2) is 0 Å². The highest BCUT2D eigenvalue weighted by molar-refractivity contribution is 7.21. The zero-order valence-corrected chi connectivity index (χ0v) is 16.5. The number of thiazole rings is 1. The van der Waals surface area contributed by atoms with Crippen LogP contribution in [0.1, 0.15) is 31.2 Å². The van der Waals surface area contributed by atoms with Crippen molar-refractivity contribution in [1.29, 1.82) is 0 Å². The van der Waals surface area contributed by atoms with Crippen molar-refractivity contribution < 1.29 is 14.7 Å². The molecule has 1 aliphatic rings. The Morgan fingerprint density at radius 3 is 2.50 bits per heavy atom. The Labute approximate surface area is 167 Å². The van der Waals surface area contributed by atoms with Gasteiger partial charge in [0.2, 0.25) is 5.91 Å². The van der Waals surface area contributed by atoms with Crippen LogP contribution in [0, 0.1) is 18.8 Å². The molecule has 2 aromatic carbocycles. The first-order chi connectivity index (χ1) is 13.5. The molecular weight excluding hydrogens is 372 g/mol. The largest absolute Gasteiger partial charge is 0.481 e. The number of hydrogen-bond donors (Lipinski definition) is 2. The van der Waals surface area contributed by atoms with E-state index in [-0.39, 0.29) is 5.91 Å². The maximum absolute atomic E-state index is 12.6. The van der Waals surface area contributed by atoms with E-state index in [2.05, 4.69) is 29.4 Å². The SMILES string of the molecule is Cc1ccc2nc(-c3ccc(NC(=O)C4CCCC[C@@H]4C(=O)O)cc3)sc2c1. The van der Waals surface area contributed by atoms with Crippen molar-refractivity contribution in [3.05, 3.63) is 48.0 Å². The second-order valence-corrected chi connectivity index (χ2v) is 8.42. The van der Waals surface area contributed by atoms with Crippen molar-refractivity contribution in [1.82, 2.24) is 4.98 Å². The second-order valence-electron chi connectivity index (χ2n) is 7.39. The minimum atomic E-state index is -0.874. The van der Waals surface area contributed by atoms with Crippen LogP contribution in [0.15, 0.2) is 42.5 Å². The number of anilines is 1. The number of nitrogens with one attached hydrogen (secondary N) is 1. The van der Waals surface area contributed by atoms with E-state index in [1.165, 1.54) is 5.56 Å². The first-order valence-electron chi connectivity index (χ1n) is 9.52. The number of carbonyl (C=O) groups is 2. The monoisotopic (exact) mass is 394 g/mol. The van der Waals surface area contributed by atoms with Gasteiger partial charge in [0.05, 0.1) is 22.1 Å². The van der Waals surface area contributed by atoms with Crippen molar-refractivity contribution in [3.63, 3.8) is 0 Å². The minimum Gasteiger partial charge on any atom is -0.481 e. The number of aryl methyl sites for hydroxylation is 1. The maximum atomic E-state index is 12.6. The van der Waals surface area contributed by atoms with Crippen LogP contribution in [0.4, 0.5) is 5.69 Å². The van der Waals surface area contributed by atoms with Gasteiger partial charge in [-0.1, -0.05) is 18.9 Å². The van der Waals surface area contributed by atoms with E-state index in [9.17, 15) is 14.7 Å². The number of aliphatic carboxylic acids is 1. The van der Waals surface area contributed by atoms with Crippen LogP contribution in [0.3, 0.4) is 0 Å². The summed E-state index contributed by atoms with van der Waals surface area (Å²) in [6, 6.07) is 13.8. The van der Waals surface area contributed by atoms with Crippen molar-refractivity contribution >= 4 is 39.1 Å². The Balaban J connectivity index is 1.49. The topological polar surface area (TPSA) is 79.3 Å². The van der Waals surface area contributed by atoms with Gasteiger partial charge in [-0.2, -0.15) is 0 Å². The number of aromatic nitrogens is 1. The van der Waals surface area contributed by atoms with Crippen LogP contribution in [-0.2, 0) is 9.59 Å². The minimum absolute atomic E-state index is 0.199. The molecule has 0 radical (unpaired) electrons. The predicted molar refractivity (Wildman–Crippen MR) is 112 cm³/mol. The summed E-state index contributed by atoms with van der Waals surface area (Å²) in [5, 5.41) is 13.2. The average molecular weight is 394 g/mol. The standard InChI is InChI=1S/C22H22N2O3S/c1-13-6-11-18-19(12-13)28-21(24-18)14-7-9-15(10-8-14)23-20(25)16-4-2-3-5-17(16)22(26)27/h6-12,16-17H,2-5H2,1H3,(H,23,25)(H,26,27)/t16?,17-/m0/s1. The summed E-state index contributed by atoms with van der Waals surface area (Å²) in [6.45, 7) is 2.07. The number of amides is 1. The molecule has 0 aliphatic heterocycles. The van der Waals surface area contributed by atoms with Crippen LogP contribution in [0.2, 0.25) is 0 Å². The first-order valence-corrected chi connectivity index (χ1v) is 10.3. The Morgan fingerprint density at radius 2 is 1.79 bits per heavy atom. The number of rotatable bonds is 4. The summed E-state index contributed by atoms with van der Waals surface area (Å²) in [4.78, 5) is 28.7. The lowest BCUT2D eigenvalue weighted by Gasteiger charge is -2.27. The zero-order chi connectivity index (χ0) is 19.7. The normalized spacial score (nSPS) is 19.5. The average Bonchev–Trinajstić information content (AvgIpc) is 3.11. The highest BCUT2D eigenvalue weighted by Gasteiger charge is 2.35. The third-order valence-corrected chi connectivity index (χ3v) is 6.43. The van der Waals surface area contributed by atoms with Gasteiger partial charge < -0.3 is 10.4 Å². The molecule has 3 aromatic rings. The molecule has 0 saturated heterocycles. The summed E-state index contributed by atoms with van der Waals surface area (Å²) in [7, 11) is 0. The molecule has 144 valence electrons. The molecule has 0 bridgehead atoms. The fourth-order valence-electron chi connectivity index (χ4n) is 3.83. The number of nitrogens with zero attached hydrogens (tertiary/aromatic N) is 1. The van der Waals surface area contributed by atoms with Crippen LogP contribution < -0.4 is 5.32 Å². The molecule has 1 unspecified atom stereocenters. The van der Waals surface area contributed by atoms with Gasteiger partial charge in [-0.15, -0.1) is 11.3 Å². The fourth-order valence-corrected chi connectivity index (χ4v) is 4.90. The van der Waals surface area contributed by atoms with E-state index < -0.39 is 17.8 Å². The molecule has 2 atom stereocenters. The van der Waals surface area contributed by atoms with Crippen molar-refractivity contribution in [2.75, 3.05) is 5.32 Å². The van der Waals surface area contributed by atoms with Crippen LogP contribution >= 0.6 is 11.3 Å². The van der Waals surface area contributed by atoms with Crippen LogP contribution in [0.25, 0.3) is 20.8 Å². The van der Waals surface area contributed by atoms with Crippen molar-refractivity contribution in [2.45, 2.75) is 32.6 Å². The zero-order valence-electron chi connectivity index (χ0n) is 15.6. The molecule has 1 amide bonds. The number of carboxylic acids is 1. The quantitative estimate of drug-likeness (QED) is 0.645. The van der Waals surface area contributed by atoms with Gasteiger partial charge >= 0.3 is 5.97 Å². The van der Waals surface area contributed by atoms with E-state index in [4.69, 9.17) is 0 Å². The maximum Gasteiger partial charge on any atom is 0.307 e. The Hall–Kier alpha value is -2.73. The molecule has 4 rings (SSSR count). The highest BCUT2D eigenvalue weighted by Crippen LogP contribution is 2.33. The molecule has 1 fully saturated rings. The molecule has 0 spiro atoms. The van der Waals surface area contributed by atoms with Gasteiger partial charge in [0.1, 0.15) is 5.01 Å². The van der Waals surface area contributed by atoms with Crippen molar-refractivity contribution in [3.8, 4) is 10.6 Å². The number of carboxylic acid groups (broad SMARTS) is 1. The summed E-state index contributed by atoms with van der Waals surface area (Å²) in [5.41, 5.74) is 3.88. The predicted octanol–water partition coefficient (Wildman–Crippen LogP) is 5.10. The molecule has 6 heteroatoms. The molecule has 1 aromatic heterocycles. The Morgan fingerprint density at radius 1 is 1.07 bits per heavy atom. The van der Waals surface area contributed by atoms with E-state index in [1.54, 1.807) is 11.3 Å². The second kappa shape index (κ2) is 7.72. The van der Waals surface area contributed by atoms with Gasteiger partial charge in [0, 0.05) is 11.3 Å². The van der Waals surface area contributed by atoms with Gasteiger partial charge in [-0.25, -0.2) is 4.98 Å². The summed E-state index contributed by atoms with van der Waals surface area (Å²) < 4.78 is 1.16. The highest BCUT2D eigenvalue weighted by atomic mass is 32.1. The van der Waals surface area contributed by atoms with Gasteiger partial charge in [0.25, 0.3) is 0 Å². The molecule has 1 saturated carbocycles. The third kappa shape index (κ3) is 3.78. The summed E-state index contributed by atoms with van der Waals surface area (Å²) >= 11 is 1.65. The van der Waals surface area contributed by atoms with E-state index in [0.29, 0.717) is 18.5 Å². The summed E-state index contributed by atoms with van der Waals surface area (Å²) in [5.74, 6) is -2.12. The fraction of sp³-hybridized carbons (Fsp3) is 0.318. The molecule has 1 aliphatic carbocycles. The van der Waals surface area contributed by atoms with E-state index in [1.807, 2.05) is 30.3 Å². The van der Waals surface area contributed by atoms with E-state index >= 15 is 0 Å². The van der Waals surface area contributed by atoms with Gasteiger partial charge in [-0.05, 0) is 61.7 Å². The molecular formula is C22H22N2O3S. The molecule has 1 heterocycles. The molecule has 2 N–H and O–H groups in total. The van der Waals surface area contributed by atoms with Crippen LogP contribution in [-0.4, -0.2) is 22.0 Å². The number of carbonyl (C=O) groups excluding carboxylic acids is 1. The summed E-state index contributed by atoms with van der Waals surface area (Å²) in [6.07, 6.45) is 2.98. The number of benzene rings is 2.